The number of hydrogen-bond donors (Lipinski definition) is 0. The summed E-state index contributed by atoms with van der Waals surface area (Å²) in [6, 6.07) is 7.07. The molecular formula is C15H17F. The van der Waals surface area contributed by atoms with E-state index >= 15 is 0 Å². The molecule has 16 heavy (non-hydrogen) atoms. The zero-order valence-corrected chi connectivity index (χ0v) is 9.62. The third-order valence-electron chi connectivity index (χ3n) is 3.28. The summed E-state index contributed by atoms with van der Waals surface area (Å²) >= 11 is 0. The van der Waals surface area contributed by atoms with Gasteiger partial charge in [0.25, 0.3) is 0 Å². The molecule has 0 radical (unpaired) electrons. The number of hydrogen-bond acceptors (Lipinski definition) is 0. The standard InChI is InChI=1S/C15H17F/c1-12-6-2-3-7-13(12)10-11-14-8-4-5-9-15(14)16/h2-6,8-9,13H,7,10-11H2,1H3. The van der Waals surface area contributed by atoms with Crippen molar-refractivity contribution < 1.29 is 4.39 Å². The van der Waals surface area contributed by atoms with Gasteiger partial charge >= 0.3 is 0 Å². The van der Waals surface area contributed by atoms with Crippen LogP contribution in [-0.4, -0.2) is 0 Å². The molecule has 1 atom stereocenters. The van der Waals surface area contributed by atoms with Crippen LogP contribution in [0.2, 0.25) is 0 Å². The van der Waals surface area contributed by atoms with E-state index in [1.165, 1.54) is 5.57 Å². The van der Waals surface area contributed by atoms with Gasteiger partial charge in [-0.1, -0.05) is 42.0 Å². The number of halogens is 1. The van der Waals surface area contributed by atoms with E-state index in [9.17, 15) is 4.39 Å². The molecule has 0 N–H and O–H groups in total. The van der Waals surface area contributed by atoms with Gasteiger partial charge in [0.05, 0.1) is 0 Å². The van der Waals surface area contributed by atoms with E-state index in [4.69, 9.17) is 0 Å². The van der Waals surface area contributed by atoms with E-state index in [1.54, 1.807) is 12.1 Å². The molecule has 1 aliphatic carbocycles. The molecule has 84 valence electrons. The average Bonchev–Trinajstić information content (AvgIpc) is 2.30. The van der Waals surface area contributed by atoms with Gasteiger partial charge in [-0.25, -0.2) is 4.39 Å². The molecule has 1 aliphatic rings. The molecule has 1 heteroatoms. The van der Waals surface area contributed by atoms with Crippen LogP contribution in [0.4, 0.5) is 4.39 Å². The summed E-state index contributed by atoms with van der Waals surface area (Å²) in [5.74, 6) is 0.514. The first-order chi connectivity index (χ1) is 7.77. The predicted octanol–water partition coefficient (Wildman–Crippen LogP) is 4.28. The molecule has 0 saturated carbocycles. The minimum Gasteiger partial charge on any atom is -0.207 e. The minimum absolute atomic E-state index is 0.0736. The van der Waals surface area contributed by atoms with Gasteiger partial charge in [0.15, 0.2) is 0 Å². The smallest absolute Gasteiger partial charge is 0.126 e. The maximum Gasteiger partial charge on any atom is 0.126 e. The SMILES string of the molecule is CC1=CC=CCC1CCc1ccccc1F. The molecule has 0 spiro atoms. The molecule has 2 rings (SSSR count). The van der Waals surface area contributed by atoms with Crippen LogP contribution in [0.15, 0.2) is 48.1 Å². The molecule has 0 saturated heterocycles. The highest BCUT2D eigenvalue weighted by atomic mass is 19.1. The van der Waals surface area contributed by atoms with Crippen LogP contribution in [0.3, 0.4) is 0 Å². The van der Waals surface area contributed by atoms with Crippen molar-refractivity contribution in [3.8, 4) is 0 Å². The fraction of sp³-hybridized carbons (Fsp3) is 0.333. The Balaban J connectivity index is 1.95. The Kier molecular flexibility index (Phi) is 3.55. The summed E-state index contributed by atoms with van der Waals surface area (Å²) in [6.45, 7) is 2.16. The maximum atomic E-state index is 13.4. The first-order valence-electron chi connectivity index (χ1n) is 5.84. The second-order valence-electron chi connectivity index (χ2n) is 4.40. The third-order valence-corrected chi connectivity index (χ3v) is 3.28. The molecule has 1 unspecified atom stereocenters. The molecule has 0 amide bonds. The summed E-state index contributed by atoms with van der Waals surface area (Å²) in [4.78, 5) is 0. The largest absolute Gasteiger partial charge is 0.207 e. The van der Waals surface area contributed by atoms with Gasteiger partial charge in [-0.2, -0.15) is 0 Å². The summed E-state index contributed by atoms with van der Waals surface area (Å²) < 4.78 is 13.4. The van der Waals surface area contributed by atoms with Crippen LogP contribution in [0.1, 0.15) is 25.3 Å². The van der Waals surface area contributed by atoms with E-state index in [-0.39, 0.29) is 5.82 Å². The number of allylic oxidation sites excluding steroid dienone is 4. The summed E-state index contributed by atoms with van der Waals surface area (Å²) in [7, 11) is 0. The van der Waals surface area contributed by atoms with Crippen molar-refractivity contribution in [3.05, 3.63) is 59.4 Å². The van der Waals surface area contributed by atoms with Gasteiger partial charge in [-0.05, 0) is 43.7 Å². The lowest BCUT2D eigenvalue weighted by atomic mass is 9.87. The van der Waals surface area contributed by atoms with Crippen molar-refractivity contribution in [2.45, 2.75) is 26.2 Å². The van der Waals surface area contributed by atoms with Crippen molar-refractivity contribution in [1.29, 1.82) is 0 Å². The molecule has 0 bridgehead atoms. The second-order valence-corrected chi connectivity index (χ2v) is 4.40. The lowest BCUT2D eigenvalue weighted by Gasteiger charge is -2.18. The molecule has 0 heterocycles. The van der Waals surface area contributed by atoms with Crippen LogP contribution in [0, 0.1) is 11.7 Å². The van der Waals surface area contributed by atoms with Gasteiger partial charge in [0.2, 0.25) is 0 Å². The number of benzene rings is 1. The van der Waals surface area contributed by atoms with Crippen molar-refractivity contribution in [3.63, 3.8) is 0 Å². The Morgan fingerprint density at radius 2 is 2.12 bits per heavy atom. The van der Waals surface area contributed by atoms with Crippen molar-refractivity contribution in [2.24, 2.45) is 5.92 Å². The van der Waals surface area contributed by atoms with E-state index in [0.717, 1.165) is 24.8 Å². The monoisotopic (exact) mass is 216 g/mol. The Bertz CT molecular complexity index is 415. The lowest BCUT2D eigenvalue weighted by Crippen LogP contribution is -2.05. The van der Waals surface area contributed by atoms with Crippen molar-refractivity contribution in [2.75, 3.05) is 0 Å². The molecular weight excluding hydrogens is 199 g/mol. The summed E-state index contributed by atoms with van der Waals surface area (Å²) in [6.07, 6.45) is 9.42. The fourth-order valence-corrected chi connectivity index (χ4v) is 2.16. The zero-order valence-electron chi connectivity index (χ0n) is 9.62. The molecule has 1 aromatic carbocycles. The Labute approximate surface area is 96.5 Å². The van der Waals surface area contributed by atoms with Gasteiger partial charge in [0, 0.05) is 0 Å². The Morgan fingerprint density at radius 1 is 1.31 bits per heavy atom. The number of rotatable bonds is 3. The first-order valence-corrected chi connectivity index (χ1v) is 5.84. The van der Waals surface area contributed by atoms with Crippen LogP contribution in [-0.2, 0) is 6.42 Å². The van der Waals surface area contributed by atoms with Gasteiger partial charge in [-0.3, -0.25) is 0 Å². The highest BCUT2D eigenvalue weighted by Gasteiger charge is 2.12. The molecule has 0 fully saturated rings. The van der Waals surface area contributed by atoms with E-state index in [2.05, 4.69) is 25.2 Å². The Hall–Kier alpha value is -1.37. The second kappa shape index (κ2) is 5.11. The molecule has 0 aromatic heterocycles. The molecule has 0 nitrogen and oxygen atoms in total. The van der Waals surface area contributed by atoms with Crippen LogP contribution in [0.25, 0.3) is 0 Å². The summed E-state index contributed by atoms with van der Waals surface area (Å²) in [5, 5.41) is 0. The van der Waals surface area contributed by atoms with Gasteiger partial charge in [0.1, 0.15) is 5.82 Å². The van der Waals surface area contributed by atoms with Crippen LogP contribution < -0.4 is 0 Å². The third kappa shape index (κ3) is 2.60. The topological polar surface area (TPSA) is 0 Å². The quantitative estimate of drug-likeness (QED) is 0.707. The normalized spacial score (nSPS) is 19.6. The highest BCUT2D eigenvalue weighted by molar-refractivity contribution is 5.21. The van der Waals surface area contributed by atoms with E-state index < -0.39 is 0 Å². The van der Waals surface area contributed by atoms with Crippen LogP contribution >= 0.6 is 0 Å². The van der Waals surface area contributed by atoms with Gasteiger partial charge in [-0.15, -0.1) is 0 Å². The average molecular weight is 216 g/mol. The van der Waals surface area contributed by atoms with E-state index in [1.807, 2.05) is 12.1 Å². The zero-order chi connectivity index (χ0) is 11.4. The number of aryl methyl sites for hydroxylation is 1. The molecule has 1 aromatic rings. The predicted molar refractivity (Wildman–Crippen MR) is 65.7 cm³/mol. The van der Waals surface area contributed by atoms with Crippen molar-refractivity contribution >= 4 is 0 Å². The Morgan fingerprint density at radius 3 is 2.88 bits per heavy atom. The first kappa shape index (κ1) is 11.1. The minimum atomic E-state index is -0.0736. The highest BCUT2D eigenvalue weighted by Crippen LogP contribution is 2.25. The maximum absolute atomic E-state index is 13.4. The van der Waals surface area contributed by atoms with E-state index in [0.29, 0.717) is 5.92 Å². The lowest BCUT2D eigenvalue weighted by molar-refractivity contribution is 0.543. The van der Waals surface area contributed by atoms with Gasteiger partial charge < -0.3 is 0 Å². The molecule has 0 aliphatic heterocycles. The van der Waals surface area contributed by atoms with Crippen LogP contribution in [0.5, 0.6) is 0 Å². The fourth-order valence-electron chi connectivity index (χ4n) is 2.16. The van der Waals surface area contributed by atoms with Crippen molar-refractivity contribution in [1.82, 2.24) is 0 Å². The summed E-state index contributed by atoms with van der Waals surface area (Å²) in [5.41, 5.74) is 2.25.